The van der Waals surface area contributed by atoms with E-state index in [4.69, 9.17) is 9.84 Å². The van der Waals surface area contributed by atoms with Crippen LogP contribution in [0.5, 0.6) is 0 Å². The van der Waals surface area contributed by atoms with E-state index in [1.165, 1.54) is 0 Å². The zero-order chi connectivity index (χ0) is 15.5. The fraction of sp³-hybridized carbons (Fsp3) is 0.500. The number of aryl methyl sites for hydroxylation is 1. The highest BCUT2D eigenvalue weighted by Crippen LogP contribution is 2.20. The Bertz CT molecular complexity index is 596. The van der Waals surface area contributed by atoms with Gasteiger partial charge in [-0.15, -0.1) is 0 Å². The molecule has 1 heterocycles. The van der Waals surface area contributed by atoms with E-state index in [0.717, 1.165) is 12.0 Å². The quantitative estimate of drug-likeness (QED) is 0.822. The highest BCUT2D eigenvalue weighted by molar-refractivity contribution is 7.89. The maximum atomic E-state index is 12.1. The molecule has 0 aromatic heterocycles. The van der Waals surface area contributed by atoms with Crippen molar-refractivity contribution in [2.45, 2.75) is 43.3 Å². The summed E-state index contributed by atoms with van der Waals surface area (Å²) in [5, 5.41) is 8.82. The summed E-state index contributed by atoms with van der Waals surface area (Å²) in [7, 11) is -3.59. The lowest BCUT2D eigenvalue weighted by atomic mass is 10.2. The van der Waals surface area contributed by atoms with Crippen LogP contribution in [0.15, 0.2) is 29.2 Å². The van der Waals surface area contributed by atoms with Crippen molar-refractivity contribution in [2.75, 3.05) is 6.54 Å². The van der Waals surface area contributed by atoms with Crippen LogP contribution in [-0.4, -0.2) is 38.2 Å². The molecule has 6 nitrogen and oxygen atoms in total. The average Bonchev–Trinajstić information content (AvgIpc) is 2.94. The molecule has 116 valence electrons. The van der Waals surface area contributed by atoms with Gasteiger partial charge >= 0.3 is 5.97 Å². The number of ether oxygens (including phenoxy) is 1. The molecule has 2 atom stereocenters. The Morgan fingerprint density at radius 3 is 2.52 bits per heavy atom. The number of nitrogens with one attached hydrogen (secondary N) is 1. The number of hydrogen-bond donors (Lipinski definition) is 2. The van der Waals surface area contributed by atoms with Crippen molar-refractivity contribution in [2.24, 2.45) is 0 Å². The molecule has 0 saturated carbocycles. The van der Waals surface area contributed by atoms with E-state index in [1.54, 1.807) is 24.3 Å². The van der Waals surface area contributed by atoms with Crippen LogP contribution in [0.25, 0.3) is 0 Å². The zero-order valence-corrected chi connectivity index (χ0v) is 12.6. The minimum atomic E-state index is -3.59. The van der Waals surface area contributed by atoms with Gasteiger partial charge in [0.2, 0.25) is 10.0 Å². The highest BCUT2D eigenvalue weighted by Gasteiger charge is 2.31. The zero-order valence-electron chi connectivity index (χ0n) is 11.8. The molecule has 2 unspecified atom stereocenters. The highest BCUT2D eigenvalue weighted by atomic mass is 32.2. The molecule has 2 rings (SSSR count). The second-order valence-electron chi connectivity index (χ2n) is 5.01. The summed E-state index contributed by atoms with van der Waals surface area (Å²) in [6.07, 6.45) is 0.570. The average molecular weight is 313 g/mol. The first-order chi connectivity index (χ1) is 9.92. The van der Waals surface area contributed by atoms with Gasteiger partial charge < -0.3 is 9.84 Å². The molecule has 1 saturated heterocycles. The number of benzene rings is 1. The molecule has 1 aliphatic rings. The number of sulfonamides is 1. The van der Waals surface area contributed by atoms with Crippen molar-refractivity contribution in [3.8, 4) is 0 Å². The molecule has 1 fully saturated rings. The van der Waals surface area contributed by atoms with Crippen molar-refractivity contribution in [3.05, 3.63) is 29.8 Å². The summed E-state index contributed by atoms with van der Waals surface area (Å²) in [6, 6.07) is 6.69. The molecule has 7 heteroatoms. The number of rotatable bonds is 6. The lowest BCUT2D eigenvalue weighted by Gasteiger charge is -2.13. The SMILES string of the molecule is CCc1ccc(S(=O)(=O)NCC2CCC(C(=O)O)O2)cc1. The second-order valence-corrected chi connectivity index (χ2v) is 6.78. The van der Waals surface area contributed by atoms with Gasteiger partial charge in [-0.2, -0.15) is 0 Å². The third-order valence-electron chi connectivity index (χ3n) is 3.53. The van der Waals surface area contributed by atoms with Gasteiger partial charge in [-0.05, 0) is 37.0 Å². The molecule has 0 aliphatic carbocycles. The third kappa shape index (κ3) is 4.03. The molecule has 0 radical (unpaired) electrons. The normalized spacial score (nSPS) is 22.3. The molecular formula is C14H19NO5S. The van der Waals surface area contributed by atoms with Gasteiger partial charge in [0.15, 0.2) is 6.10 Å². The molecule has 1 aromatic rings. The Balaban J connectivity index is 1.94. The molecule has 2 N–H and O–H groups in total. The van der Waals surface area contributed by atoms with Gasteiger partial charge in [0.25, 0.3) is 0 Å². The van der Waals surface area contributed by atoms with E-state index in [9.17, 15) is 13.2 Å². The summed E-state index contributed by atoms with van der Waals surface area (Å²) < 4.78 is 32.0. The lowest BCUT2D eigenvalue weighted by molar-refractivity contribution is -0.149. The Kier molecular flexibility index (Phi) is 4.97. The van der Waals surface area contributed by atoms with Crippen molar-refractivity contribution in [1.29, 1.82) is 0 Å². The van der Waals surface area contributed by atoms with Gasteiger partial charge in [-0.25, -0.2) is 17.9 Å². The van der Waals surface area contributed by atoms with Gasteiger partial charge in [-0.1, -0.05) is 19.1 Å². The van der Waals surface area contributed by atoms with Gasteiger partial charge in [0.1, 0.15) is 0 Å². The maximum Gasteiger partial charge on any atom is 0.332 e. The number of carboxylic acid groups (broad SMARTS) is 1. The summed E-state index contributed by atoms with van der Waals surface area (Å²) in [5.74, 6) is -1.00. The van der Waals surface area contributed by atoms with Crippen LogP contribution in [-0.2, 0) is 26.0 Å². The van der Waals surface area contributed by atoms with E-state index in [-0.39, 0.29) is 11.4 Å². The summed E-state index contributed by atoms with van der Waals surface area (Å²) in [5.41, 5.74) is 1.07. The van der Waals surface area contributed by atoms with E-state index in [2.05, 4.69) is 4.72 Å². The number of hydrogen-bond acceptors (Lipinski definition) is 4. The summed E-state index contributed by atoms with van der Waals surface area (Å²) in [6.45, 7) is 2.08. The fourth-order valence-electron chi connectivity index (χ4n) is 2.23. The van der Waals surface area contributed by atoms with Crippen molar-refractivity contribution < 1.29 is 23.1 Å². The first kappa shape index (κ1) is 15.9. The third-order valence-corrected chi connectivity index (χ3v) is 4.97. The monoisotopic (exact) mass is 313 g/mol. The van der Waals surface area contributed by atoms with Crippen LogP contribution in [0, 0.1) is 0 Å². The van der Waals surface area contributed by atoms with E-state index in [1.807, 2.05) is 6.92 Å². The number of aliphatic carboxylic acids is 1. The summed E-state index contributed by atoms with van der Waals surface area (Å²) in [4.78, 5) is 11.0. The number of carboxylic acids is 1. The van der Waals surface area contributed by atoms with Crippen molar-refractivity contribution >= 4 is 16.0 Å². The van der Waals surface area contributed by atoms with E-state index in [0.29, 0.717) is 12.8 Å². The minimum Gasteiger partial charge on any atom is -0.479 e. The van der Waals surface area contributed by atoms with Crippen LogP contribution < -0.4 is 4.72 Å². The van der Waals surface area contributed by atoms with Crippen LogP contribution >= 0.6 is 0 Å². The van der Waals surface area contributed by atoms with Crippen LogP contribution in [0.4, 0.5) is 0 Å². The van der Waals surface area contributed by atoms with Crippen LogP contribution in [0.1, 0.15) is 25.3 Å². The van der Waals surface area contributed by atoms with Gasteiger partial charge in [0.05, 0.1) is 11.0 Å². The van der Waals surface area contributed by atoms with Gasteiger partial charge in [-0.3, -0.25) is 0 Å². The molecule has 0 bridgehead atoms. The summed E-state index contributed by atoms with van der Waals surface area (Å²) >= 11 is 0. The second kappa shape index (κ2) is 6.55. The molecular weight excluding hydrogens is 294 g/mol. The topological polar surface area (TPSA) is 92.7 Å². The standard InChI is InChI=1S/C14H19NO5S/c1-2-10-3-6-12(7-4-10)21(18,19)15-9-11-5-8-13(20-11)14(16)17/h3-4,6-7,11,13,15H,2,5,8-9H2,1H3,(H,16,17). The molecule has 0 amide bonds. The van der Waals surface area contributed by atoms with Gasteiger partial charge in [0, 0.05) is 6.54 Å². The largest absolute Gasteiger partial charge is 0.479 e. The molecule has 0 spiro atoms. The molecule has 1 aromatic carbocycles. The Morgan fingerprint density at radius 2 is 2.00 bits per heavy atom. The van der Waals surface area contributed by atoms with Crippen LogP contribution in [0.3, 0.4) is 0 Å². The Morgan fingerprint density at radius 1 is 1.33 bits per heavy atom. The van der Waals surface area contributed by atoms with Crippen molar-refractivity contribution in [1.82, 2.24) is 4.72 Å². The smallest absolute Gasteiger partial charge is 0.332 e. The lowest BCUT2D eigenvalue weighted by Crippen LogP contribution is -2.33. The minimum absolute atomic E-state index is 0.0850. The predicted molar refractivity (Wildman–Crippen MR) is 76.5 cm³/mol. The van der Waals surface area contributed by atoms with E-state index < -0.39 is 28.2 Å². The number of carbonyl (C=O) groups is 1. The van der Waals surface area contributed by atoms with E-state index >= 15 is 0 Å². The first-order valence-corrected chi connectivity index (χ1v) is 8.37. The molecule has 1 aliphatic heterocycles. The maximum absolute atomic E-state index is 12.1. The van der Waals surface area contributed by atoms with Crippen molar-refractivity contribution in [3.63, 3.8) is 0 Å². The Hall–Kier alpha value is -1.44. The molecule has 21 heavy (non-hydrogen) atoms. The Labute approximate surface area is 124 Å². The fourth-order valence-corrected chi connectivity index (χ4v) is 3.29. The predicted octanol–water partition coefficient (Wildman–Crippen LogP) is 1.16. The van der Waals surface area contributed by atoms with Crippen LogP contribution in [0.2, 0.25) is 0 Å². The first-order valence-electron chi connectivity index (χ1n) is 6.89.